The highest BCUT2D eigenvalue weighted by Gasteiger charge is 2.76. The number of benzene rings is 2. The number of ether oxygens (including phenoxy) is 2. The van der Waals surface area contributed by atoms with Crippen LogP contribution in [0, 0.1) is 29.1 Å². The number of phenolic OH excluding ortho intramolecular Hbond substituents is 1. The van der Waals surface area contributed by atoms with Crippen LogP contribution in [0.25, 0.3) is 0 Å². The summed E-state index contributed by atoms with van der Waals surface area (Å²) < 4.78 is 86.0. The van der Waals surface area contributed by atoms with Crippen molar-refractivity contribution in [1.82, 2.24) is 13.9 Å². The zero-order valence-corrected chi connectivity index (χ0v) is 24.6. The molecule has 3 aromatic rings. The second kappa shape index (κ2) is 9.84. The molecule has 1 N–H and O–H groups in total. The Morgan fingerprint density at radius 1 is 0.889 bits per heavy atom. The highest BCUT2D eigenvalue weighted by molar-refractivity contribution is 6.58. The van der Waals surface area contributed by atoms with Gasteiger partial charge in [-0.3, -0.25) is 9.59 Å². The number of aromatic nitrogens is 3. The Balaban J connectivity index is 1.70. The van der Waals surface area contributed by atoms with Gasteiger partial charge in [0.1, 0.15) is 22.9 Å². The standard InChI is InChI=1S/C27H19Cl2F5N4O7/c1-35-24(42)36-5-4-10-11(38(36)25(35)43)8-26(28)22(40)37(21-19(33)17(31)16(30)18(32)20(21)34)23(41)27(26,29)15(10)14-12(39)6-9(44-2)7-13(14)45-3/h4,6-7,11,15,39H,5,8H2,1-3H3/t11-,15-,26-,27+/m1/s1. The normalized spacial score (nSPS) is 25.6. The fourth-order valence-corrected chi connectivity index (χ4v) is 7.32. The van der Waals surface area contributed by atoms with Gasteiger partial charge in [0.05, 0.1) is 26.8 Å². The third kappa shape index (κ3) is 3.63. The molecule has 1 saturated heterocycles. The van der Waals surface area contributed by atoms with Crippen LogP contribution >= 0.6 is 23.2 Å². The van der Waals surface area contributed by atoms with Gasteiger partial charge in [-0.15, -0.1) is 23.2 Å². The lowest BCUT2D eigenvalue weighted by Crippen LogP contribution is -2.59. The molecule has 0 bridgehead atoms. The maximum Gasteiger partial charge on any atom is 0.347 e. The summed E-state index contributed by atoms with van der Waals surface area (Å²) in [6.45, 7) is -0.276. The maximum absolute atomic E-state index is 15.1. The van der Waals surface area contributed by atoms with Crippen molar-refractivity contribution in [2.24, 2.45) is 7.05 Å². The van der Waals surface area contributed by atoms with E-state index in [1.165, 1.54) is 33.4 Å². The number of halogens is 7. The third-order valence-corrected chi connectivity index (χ3v) is 9.93. The van der Waals surface area contributed by atoms with Gasteiger partial charge in [-0.2, -0.15) is 0 Å². The van der Waals surface area contributed by atoms with Crippen molar-refractivity contribution in [3.05, 3.63) is 79.4 Å². The molecule has 6 rings (SSSR count). The van der Waals surface area contributed by atoms with Gasteiger partial charge in [-0.05, 0) is 5.57 Å². The fraction of sp³-hybridized carbons (Fsp3) is 0.333. The number of anilines is 1. The molecule has 238 valence electrons. The molecule has 1 saturated carbocycles. The summed E-state index contributed by atoms with van der Waals surface area (Å²) in [6, 6.07) is 1.01. The highest BCUT2D eigenvalue weighted by atomic mass is 35.5. The monoisotopic (exact) mass is 676 g/mol. The van der Waals surface area contributed by atoms with E-state index < -0.39 is 91.8 Å². The number of carbonyl (C=O) groups excluding carboxylic acids is 2. The number of phenols is 1. The third-order valence-electron chi connectivity index (χ3n) is 8.52. The Morgan fingerprint density at radius 2 is 1.49 bits per heavy atom. The molecule has 2 aromatic carbocycles. The Hall–Kier alpha value is -4.31. The number of rotatable bonds is 4. The molecular formula is C27H19Cl2F5N4O7. The number of nitrogens with zero attached hydrogens (tertiary/aromatic N) is 4. The molecule has 0 radical (unpaired) electrons. The first-order valence-corrected chi connectivity index (χ1v) is 13.6. The minimum absolute atomic E-state index is 0.0492. The van der Waals surface area contributed by atoms with E-state index in [4.69, 9.17) is 32.7 Å². The summed E-state index contributed by atoms with van der Waals surface area (Å²) in [4.78, 5) is 48.4. The molecule has 0 spiro atoms. The highest BCUT2D eigenvalue weighted by Crippen LogP contribution is 2.66. The van der Waals surface area contributed by atoms with Gasteiger partial charge >= 0.3 is 11.4 Å². The predicted octanol–water partition coefficient (Wildman–Crippen LogP) is 2.96. The topological polar surface area (TPSA) is 125 Å². The lowest BCUT2D eigenvalue weighted by molar-refractivity contribution is -0.122. The Labute approximate surface area is 258 Å². The molecule has 45 heavy (non-hydrogen) atoms. The van der Waals surface area contributed by atoms with Gasteiger partial charge in [0.15, 0.2) is 33.0 Å². The van der Waals surface area contributed by atoms with Crippen molar-refractivity contribution < 1.29 is 46.1 Å². The van der Waals surface area contributed by atoms with Crippen molar-refractivity contribution >= 4 is 40.7 Å². The minimum Gasteiger partial charge on any atom is -0.507 e. The molecule has 4 atom stereocenters. The van der Waals surface area contributed by atoms with Gasteiger partial charge < -0.3 is 14.6 Å². The first kappa shape index (κ1) is 30.7. The molecule has 2 fully saturated rings. The number of aromatic hydroxyl groups is 1. The molecule has 11 nitrogen and oxygen atoms in total. The summed E-state index contributed by atoms with van der Waals surface area (Å²) >= 11 is 14.0. The molecule has 3 heterocycles. The number of fused-ring (bicyclic) bond motifs is 4. The Bertz CT molecular complexity index is 2000. The quantitative estimate of drug-likeness (QED) is 0.113. The molecule has 1 aliphatic carbocycles. The predicted molar refractivity (Wildman–Crippen MR) is 146 cm³/mol. The summed E-state index contributed by atoms with van der Waals surface area (Å²) in [5.74, 6) is -18.4. The van der Waals surface area contributed by atoms with E-state index in [0.29, 0.717) is 0 Å². The summed E-state index contributed by atoms with van der Waals surface area (Å²) in [5, 5.41) is 11.2. The number of allylic oxidation sites excluding steroid dienone is 2. The molecule has 2 aliphatic heterocycles. The lowest BCUT2D eigenvalue weighted by Gasteiger charge is -2.49. The zero-order valence-electron chi connectivity index (χ0n) is 23.1. The van der Waals surface area contributed by atoms with E-state index in [-0.39, 0.29) is 34.1 Å². The van der Waals surface area contributed by atoms with Crippen LogP contribution < -0.4 is 25.8 Å². The van der Waals surface area contributed by atoms with Crippen molar-refractivity contribution in [1.29, 1.82) is 0 Å². The van der Waals surface area contributed by atoms with Crippen molar-refractivity contribution in [3.63, 3.8) is 0 Å². The van der Waals surface area contributed by atoms with E-state index in [9.17, 15) is 37.5 Å². The van der Waals surface area contributed by atoms with Crippen LogP contribution in [0.15, 0.2) is 33.4 Å². The number of imide groups is 1. The SMILES string of the molecule is COc1cc(O)c([C@H]2C3=CCn4c(=O)n(C)c(=O)n4[C@@H]3C[C@@]3(Cl)C(=O)N(c4c(F)c(F)c(F)c(F)c4F)C(=O)[C@@]23Cl)c(OC)c1. The number of methoxy groups -OCH3 is 2. The van der Waals surface area contributed by atoms with Crippen LogP contribution in [0.3, 0.4) is 0 Å². The average Bonchev–Trinajstić information content (AvgIpc) is 3.32. The molecule has 0 unspecified atom stereocenters. The van der Waals surface area contributed by atoms with Gasteiger partial charge in [0.25, 0.3) is 11.8 Å². The zero-order chi connectivity index (χ0) is 33.1. The lowest BCUT2D eigenvalue weighted by atomic mass is 9.64. The van der Waals surface area contributed by atoms with E-state index in [0.717, 1.165) is 20.0 Å². The van der Waals surface area contributed by atoms with E-state index in [1.54, 1.807) is 0 Å². The van der Waals surface area contributed by atoms with Crippen molar-refractivity contribution in [3.8, 4) is 17.2 Å². The smallest absolute Gasteiger partial charge is 0.347 e. The summed E-state index contributed by atoms with van der Waals surface area (Å²) in [7, 11) is 3.62. The minimum atomic E-state index is -2.85. The number of alkyl halides is 2. The van der Waals surface area contributed by atoms with E-state index in [1.807, 2.05) is 0 Å². The molecule has 2 amide bonds. The molecular weight excluding hydrogens is 658 g/mol. The average molecular weight is 677 g/mol. The number of carbonyl (C=O) groups is 2. The number of amides is 2. The van der Waals surface area contributed by atoms with Gasteiger partial charge in [0, 0.05) is 37.1 Å². The van der Waals surface area contributed by atoms with Crippen LogP contribution in [-0.2, 0) is 23.2 Å². The first-order chi connectivity index (χ1) is 21.1. The van der Waals surface area contributed by atoms with E-state index in [2.05, 4.69) is 0 Å². The van der Waals surface area contributed by atoms with Gasteiger partial charge in [-0.25, -0.2) is 50.4 Å². The fourth-order valence-electron chi connectivity index (χ4n) is 6.42. The van der Waals surface area contributed by atoms with Crippen LogP contribution in [-0.4, -0.2) is 54.8 Å². The van der Waals surface area contributed by atoms with Gasteiger partial charge in [0.2, 0.25) is 5.82 Å². The summed E-state index contributed by atoms with van der Waals surface area (Å²) in [5.41, 5.74) is -3.82. The first-order valence-electron chi connectivity index (χ1n) is 12.9. The molecule has 1 aromatic heterocycles. The number of hydrogen-bond acceptors (Lipinski definition) is 7. The van der Waals surface area contributed by atoms with Crippen LogP contribution in [0.5, 0.6) is 17.2 Å². The van der Waals surface area contributed by atoms with Crippen LogP contribution in [0.1, 0.15) is 23.9 Å². The van der Waals surface area contributed by atoms with Crippen LogP contribution in [0.2, 0.25) is 0 Å². The Morgan fingerprint density at radius 3 is 2.07 bits per heavy atom. The second-order valence-corrected chi connectivity index (χ2v) is 11.8. The van der Waals surface area contributed by atoms with Crippen molar-refractivity contribution in [2.75, 3.05) is 19.1 Å². The molecule has 18 heteroatoms. The largest absolute Gasteiger partial charge is 0.507 e. The van der Waals surface area contributed by atoms with Crippen LogP contribution in [0.4, 0.5) is 27.6 Å². The van der Waals surface area contributed by atoms with Gasteiger partial charge in [-0.1, -0.05) is 6.08 Å². The summed E-state index contributed by atoms with van der Waals surface area (Å²) in [6.07, 6.45) is 0.609. The second-order valence-electron chi connectivity index (χ2n) is 10.5. The number of hydrogen-bond donors (Lipinski definition) is 1. The van der Waals surface area contributed by atoms with E-state index >= 15 is 8.78 Å². The maximum atomic E-state index is 15.1. The Kier molecular flexibility index (Phi) is 6.72. The molecule has 3 aliphatic rings. The van der Waals surface area contributed by atoms with Crippen molar-refractivity contribution in [2.45, 2.75) is 34.7 Å².